The first-order valence-corrected chi connectivity index (χ1v) is 5.01. The van der Waals surface area contributed by atoms with Crippen LogP contribution in [0.5, 0.6) is 0 Å². The number of aromatic carboxylic acids is 1. The van der Waals surface area contributed by atoms with Crippen LogP contribution in [0.4, 0.5) is 9.18 Å². The first kappa shape index (κ1) is 11.4. The minimum atomic E-state index is -1.13. The SMILES string of the molecule is O=C(O)c1ccc(F)c(CN2CCOC2=O)c1. The van der Waals surface area contributed by atoms with Gasteiger partial charge >= 0.3 is 12.1 Å². The summed E-state index contributed by atoms with van der Waals surface area (Å²) < 4.78 is 18.1. The van der Waals surface area contributed by atoms with Crippen LogP contribution in [-0.2, 0) is 11.3 Å². The molecule has 1 amide bonds. The Morgan fingerprint density at radius 1 is 1.53 bits per heavy atom. The van der Waals surface area contributed by atoms with E-state index >= 15 is 0 Å². The summed E-state index contributed by atoms with van der Waals surface area (Å²) in [5.74, 6) is -1.66. The highest BCUT2D eigenvalue weighted by atomic mass is 19.1. The van der Waals surface area contributed by atoms with E-state index in [1.165, 1.54) is 17.0 Å². The maximum atomic E-state index is 13.4. The van der Waals surface area contributed by atoms with E-state index in [2.05, 4.69) is 0 Å². The predicted molar refractivity (Wildman–Crippen MR) is 55.1 cm³/mol. The zero-order valence-corrected chi connectivity index (χ0v) is 8.85. The van der Waals surface area contributed by atoms with E-state index in [4.69, 9.17) is 9.84 Å². The van der Waals surface area contributed by atoms with Crippen molar-refractivity contribution >= 4 is 12.1 Å². The fourth-order valence-corrected chi connectivity index (χ4v) is 1.60. The van der Waals surface area contributed by atoms with Gasteiger partial charge in [0.2, 0.25) is 0 Å². The lowest BCUT2D eigenvalue weighted by atomic mass is 10.1. The summed E-state index contributed by atoms with van der Waals surface area (Å²) in [6.45, 7) is 0.681. The Labute approximate surface area is 96.4 Å². The van der Waals surface area contributed by atoms with Crippen LogP contribution in [0.2, 0.25) is 0 Å². The molecule has 0 bridgehead atoms. The summed E-state index contributed by atoms with van der Waals surface area (Å²) in [5, 5.41) is 8.79. The van der Waals surface area contributed by atoms with Crippen molar-refractivity contribution in [3.63, 3.8) is 0 Å². The van der Waals surface area contributed by atoms with Crippen LogP contribution >= 0.6 is 0 Å². The molecule has 0 aromatic heterocycles. The van der Waals surface area contributed by atoms with Gasteiger partial charge in [0, 0.05) is 5.56 Å². The van der Waals surface area contributed by atoms with Gasteiger partial charge in [-0.05, 0) is 18.2 Å². The van der Waals surface area contributed by atoms with Crippen LogP contribution in [0.3, 0.4) is 0 Å². The standard InChI is InChI=1S/C11H10FNO4/c12-9-2-1-7(10(14)15)5-8(9)6-13-3-4-17-11(13)16/h1-2,5H,3-4,6H2,(H,14,15). The molecule has 17 heavy (non-hydrogen) atoms. The first-order valence-electron chi connectivity index (χ1n) is 5.01. The van der Waals surface area contributed by atoms with Gasteiger partial charge in [0.25, 0.3) is 0 Å². The second-order valence-corrected chi connectivity index (χ2v) is 3.65. The maximum Gasteiger partial charge on any atom is 0.410 e. The number of halogens is 1. The molecule has 0 saturated carbocycles. The average Bonchev–Trinajstić information content (AvgIpc) is 2.67. The van der Waals surface area contributed by atoms with Crippen LogP contribution < -0.4 is 0 Å². The monoisotopic (exact) mass is 239 g/mol. The van der Waals surface area contributed by atoms with Crippen molar-refractivity contribution in [1.82, 2.24) is 4.90 Å². The molecule has 0 aliphatic carbocycles. The molecule has 0 unspecified atom stereocenters. The number of carbonyl (C=O) groups excluding carboxylic acids is 1. The van der Waals surface area contributed by atoms with E-state index < -0.39 is 17.9 Å². The van der Waals surface area contributed by atoms with Crippen molar-refractivity contribution in [2.24, 2.45) is 0 Å². The largest absolute Gasteiger partial charge is 0.478 e. The molecule has 1 saturated heterocycles. The number of cyclic esters (lactones) is 1. The van der Waals surface area contributed by atoms with Gasteiger partial charge in [0.1, 0.15) is 12.4 Å². The Hall–Kier alpha value is -2.11. The Morgan fingerprint density at radius 2 is 2.29 bits per heavy atom. The second kappa shape index (κ2) is 4.40. The molecule has 2 rings (SSSR count). The highest BCUT2D eigenvalue weighted by Crippen LogP contribution is 2.15. The van der Waals surface area contributed by atoms with Crippen LogP contribution in [0.15, 0.2) is 18.2 Å². The molecule has 1 N–H and O–H groups in total. The van der Waals surface area contributed by atoms with Gasteiger partial charge in [0.05, 0.1) is 18.7 Å². The molecule has 0 atom stereocenters. The molecule has 1 fully saturated rings. The van der Waals surface area contributed by atoms with E-state index in [-0.39, 0.29) is 24.3 Å². The highest BCUT2D eigenvalue weighted by Gasteiger charge is 2.23. The molecule has 1 aliphatic heterocycles. The molecule has 90 valence electrons. The zero-order valence-electron chi connectivity index (χ0n) is 8.85. The lowest BCUT2D eigenvalue weighted by Crippen LogP contribution is -2.24. The summed E-state index contributed by atoms with van der Waals surface area (Å²) in [6, 6.07) is 3.49. The number of hydrogen-bond acceptors (Lipinski definition) is 3. The van der Waals surface area contributed by atoms with Crippen LogP contribution in [0.25, 0.3) is 0 Å². The molecule has 6 heteroatoms. The number of carboxylic acids is 1. The van der Waals surface area contributed by atoms with Gasteiger partial charge < -0.3 is 14.7 Å². The average molecular weight is 239 g/mol. The third-order valence-electron chi connectivity index (χ3n) is 2.50. The van der Waals surface area contributed by atoms with Gasteiger partial charge in [-0.2, -0.15) is 0 Å². The third kappa shape index (κ3) is 2.35. The van der Waals surface area contributed by atoms with Crippen LogP contribution in [0, 0.1) is 5.82 Å². The minimum Gasteiger partial charge on any atom is -0.478 e. The Balaban J connectivity index is 2.22. The molecule has 0 radical (unpaired) electrons. The van der Waals surface area contributed by atoms with E-state index in [1.807, 2.05) is 0 Å². The van der Waals surface area contributed by atoms with Gasteiger partial charge in [-0.25, -0.2) is 14.0 Å². The number of rotatable bonds is 3. The van der Waals surface area contributed by atoms with Crippen molar-refractivity contribution in [3.8, 4) is 0 Å². The van der Waals surface area contributed by atoms with Crippen molar-refractivity contribution in [1.29, 1.82) is 0 Å². The lowest BCUT2D eigenvalue weighted by Gasteiger charge is -2.13. The normalized spacial score (nSPS) is 14.9. The van der Waals surface area contributed by atoms with Gasteiger partial charge in [-0.15, -0.1) is 0 Å². The van der Waals surface area contributed by atoms with Crippen molar-refractivity contribution in [2.45, 2.75) is 6.54 Å². The second-order valence-electron chi connectivity index (χ2n) is 3.65. The first-order chi connectivity index (χ1) is 8.08. The fraction of sp³-hybridized carbons (Fsp3) is 0.273. The van der Waals surface area contributed by atoms with Crippen LogP contribution in [0.1, 0.15) is 15.9 Å². The summed E-state index contributed by atoms with van der Waals surface area (Å²) in [7, 11) is 0. The van der Waals surface area contributed by atoms with Gasteiger partial charge in [-0.1, -0.05) is 0 Å². The molecule has 5 nitrogen and oxygen atoms in total. The van der Waals surface area contributed by atoms with E-state index in [0.29, 0.717) is 6.54 Å². The summed E-state index contributed by atoms with van der Waals surface area (Å²) in [6.07, 6.45) is -0.509. The number of carboxylic acid groups (broad SMARTS) is 1. The summed E-state index contributed by atoms with van der Waals surface area (Å²) in [4.78, 5) is 23.2. The molecule has 1 aromatic rings. The number of carbonyl (C=O) groups is 2. The van der Waals surface area contributed by atoms with Crippen molar-refractivity contribution in [3.05, 3.63) is 35.1 Å². The number of amides is 1. The van der Waals surface area contributed by atoms with Crippen molar-refractivity contribution in [2.75, 3.05) is 13.2 Å². The van der Waals surface area contributed by atoms with E-state index in [1.54, 1.807) is 0 Å². The Kier molecular flexibility index (Phi) is 2.95. The zero-order chi connectivity index (χ0) is 12.4. The smallest absolute Gasteiger partial charge is 0.410 e. The topological polar surface area (TPSA) is 66.8 Å². The van der Waals surface area contributed by atoms with E-state index in [0.717, 1.165) is 6.07 Å². The molecule has 1 aromatic carbocycles. The molecule has 1 heterocycles. The number of benzene rings is 1. The Morgan fingerprint density at radius 3 is 2.88 bits per heavy atom. The molecular weight excluding hydrogens is 229 g/mol. The molecule has 1 aliphatic rings. The third-order valence-corrected chi connectivity index (χ3v) is 2.50. The Bertz CT molecular complexity index is 475. The predicted octanol–water partition coefficient (Wildman–Crippen LogP) is 1.48. The number of ether oxygens (including phenoxy) is 1. The van der Waals surface area contributed by atoms with Crippen LogP contribution in [-0.4, -0.2) is 35.2 Å². The molecule has 0 spiro atoms. The lowest BCUT2D eigenvalue weighted by molar-refractivity contribution is 0.0696. The minimum absolute atomic E-state index is 0.00559. The highest BCUT2D eigenvalue weighted by molar-refractivity contribution is 5.87. The van der Waals surface area contributed by atoms with E-state index in [9.17, 15) is 14.0 Å². The van der Waals surface area contributed by atoms with Crippen molar-refractivity contribution < 1.29 is 23.8 Å². The summed E-state index contributed by atoms with van der Waals surface area (Å²) in [5.41, 5.74) is 0.165. The maximum absolute atomic E-state index is 13.4. The van der Waals surface area contributed by atoms with Gasteiger partial charge in [0.15, 0.2) is 0 Å². The van der Waals surface area contributed by atoms with Gasteiger partial charge in [-0.3, -0.25) is 0 Å². The fourth-order valence-electron chi connectivity index (χ4n) is 1.60. The number of hydrogen-bond donors (Lipinski definition) is 1. The quantitative estimate of drug-likeness (QED) is 0.867. The number of nitrogens with zero attached hydrogens (tertiary/aromatic N) is 1. The summed E-state index contributed by atoms with van der Waals surface area (Å²) >= 11 is 0. The molecular formula is C11H10FNO4.